The van der Waals surface area contributed by atoms with Crippen molar-refractivity contribution in [2.45, 2.75) is 39.0 Å². The molecule has 0 saturated heterocycles. The van der Waals surface area contributed by atoms with E-state index in [0.29, 0.717) is 29.1 Å². The van der Waals surface area contributed by atoms with Gasteiger partial charge in [0.1, 0.15) is 34.9 Å². The van der Waals surface area contributed by atoms with Crippen molar-refractivity contribution in [3.8, 4) is 17.0 Å². The Morgan fingerprint density at radius 1 is 1.21 bits per heavy atom. The molecular formula is C25H25FN6O2. The van der Waals surface area contributed by atoms with Gasteiger partial charge in [-0.15, -0.1) is 0 Å². The number of primary amides is 1. The van der Waals surface area contributed by atoms with E-state index in [0.717, 1.165) is 41.6 Å². The van der Waals surface area contributed by atoms with Crippen LogP contribution in [0.3, 0.4) is 0 Å². The van der Waals surface area contributed by atoms with Crippen LogP contribution in [0.2, 0.25) is 0 Å². The molecule has 0 atom stereocenters. The number of nitrogens with two attached hydrogens (primary N) is 2. The number of amides is 1. The van der Waals surface area contributed by atoms with E-state index in [4.69, 9.17) is 21.2 Å². The first-order valence-electron chi connectivity index (χ1n) is 11.1. The lowest BCUT2D eigenvalue weighted by Crippen LogP contribution is -2.16. The number of fused-ring (bicyclic) bond motifs is 2. The molecule has 5 rings (SSSR count). The molecule has 2 heterocycles. The molecule has 174 valence electrons. The highest BCUT2D eigenvalue weighted by atomic mass is 19.1. The maximum absolute atomic E-state index is 14.2. The zero-order valence-electron chi connectivity index (χ0n) is 19.2. The van der Waals surface area contributed by atoms with Gasteiger partial charge in [0.2, 0.25) is 0 Å². The Morgan fingerprint density at radius 2 is 1.97 bits per heavy atom. The topological polar surface area (TPSA) is 121 Å². The normalized spacial score (nSPS) is 12.6. The molecule has 34 heavy (non-hydrogen) atoms. The summed E-state index contributed by atoms with van der Waals surface area (Å²) >= 11 is 0. The molecule has 1 aliphatic carbocycles. The van der Waals surface area contributed by atoms with Crippen molar-refractivity contribution in [1.82, 2.24) is 19.6 Å². The number of rotatable bonds is 6. The summed E-state index contributed by atoms with van der Waals surface area (Å²) in [5.41, 5.74) is 18.2. The highest BCUT2D eigenvalue weighted by Gasteiger charge is 2.27. The molecule has 4 N–H and O–H groups in total. The Morgan fingerprint density at radius 3 is 2.62 bits per heavy atom. The Labute approximate surface area is 195 Å². The first-order chi connectivity index (χ1) is 16.3. The lowest BCUT2D eigenvalue weighted by atomic mass is 9.79. The van der Waals surface area contributed by atoms with Crippen molar-refractivity contribution >= 4 is 17.2 Å². The molecule has 0 spiro atoms. The molecule has 1 amide bonds. The number of anilines is 1. The lowest BCUT2D eigenvalue weighted by molar-refractivity contribution is 0.0996. The average Bonchev–Trinajstić information content (AvgIpc) is 3.15. The van der Waals surface area contributed by atoms with Crippen LogP contribution in [0.1, 0.15) is 58.2 Å². The largest absolute Gasteiger partial charge is 0.496 e. The summed E-state index contributed by atoms with van der Waals surface area (Å²) < 4.78 is 21.4. The third-order valence-corrected chi connectivity index (χ3v) is 6.39. The van der Waals surface area contributed by atoms with Crippen LogP contribution in [0.25, 0.3) is 16.8 Å². The van der Waals surface area contributed by atoms with E-state index >= 15 is 0 Å². The van der Waals surface area contributed by atoms with Crippen LogP contribution >= 0.6 is 0 Å². The quantitative estimate of drug-likeness (QED) is 0.455. The van der Waals surface area contributed by atoms with Crippen molar-refractivity contribution in [3.63, 3.8) is 0 Å². The van der Waals surface area contributed by atoms with Crippen molar-refractivity contribution < 1.29 is 13.9 Å². The van der Waals surface area contributed by atoms with Crippen LogP contribution < -0.4 is 16.2 Å². The standard InChI is InChI=1S/C25H25FN6O2/c1-12(2)25-31-20(21-23(27)29-11-30-32(21)25)18-5-4-13(16-6-7-17(16)18)8-14-9-15(26)10-19(24(28)33)22(14)34-3/h4-5,9-12H,6-8H2,1-3H3,(H2,28,33)(H2,27,29,30). The lowest BCUT2D eigenvalue weighted by Gasteiger charge is -2.26. The van der Waals surface area contributed by atoms with Crippen molar-refractivity contribution in [2.75, 3.05) is 12.8 Å². The molecule has 0 aliphatic heterocycles. The first-order valence-corrected chi connectivity index (χ1v) is 11.1. The van der Waals surface area contributed by atoms with Crippen LogP contribution in [0.4, 0.5) is 10.2 Å². The number of benzene rings is 2. The molecule has 1 aliphatic rings. The molecule has 2 aromatic heterocycles. The summed E-state index contributed by atoms with van der Waals surface area (Å²) in [6, 6.07) is 6.53. The number of carbonyl (C=O) groups is 1. The van der Waals surface area contributed by atoms with Crippen LogP contribution in [-0.4, -0.2) is 32.6 Å². The number of imidazole rings is 1. The van der Waals surface area contributed by atoms with E-state index in [2.05, 4.69) is 23.9 Å². The monoisotopic (exact) mass is 460 g/mol. The van der Waals surface area contributed by atoms with Gasteiger partial charge in [-0.3, -0.25) is 4.79 Å². The Kier molecular flexibility index (Phi) is 5.19. The van der Waals surface area contributed by atoms with Gasteiger partial charge >= 0.3 is 0 Å². The number of methoxy groups -OCH3 is 1. The molecule has 0 radical (unpaired) electrons. The summed E-state index contributed by atoms with van der Waals surface area (Å²) in [6.45, 7) is 4.12. The second kappa shape index (κ2) is 8.09. The molecule has 9 heteroatoms. The predicted octanol–water partition coefficient (Wildman–Crippen LogP) is 3.43. The van der Waals surface area contributed by atoms with Crippen LogP contribution in [0.5, 0.6) is 5.75 Å². The number of nitrogen functional groups attached to an aromatic ring is 1. The highest BCUT2D eigenvalue weighted by Crippen LogP contribution is 2.40. The van der Waals surface area contributed by atoms with E-state index < -0.39 is 11.7 Å². The van der Waals surface area contributed by atoms with E-state index in [9.17, 15) is 9.18 Å². The molecule has 4 aromatic rings. The van der Waals surface area contributed by atoms with Gasteiger partial charge in [-0.2, -0.15) is 5.10 Å². The van der Waals surface area contributed by atoms with E-state index in [1.807, 2.05) is 12.1 Å². The SMILES string of the molecule is COc1c(Cc2ccc(-c3nc(C(C)C)n4ncnc(N)c34)c3c2CC3)cc(F)cc1C(N)=O. The summed E-state index contributed by atoms with van der Waals surface area (Å²) in [6.07, 6.45) is 3.65. The average molecular weight is 461 g/mol. The van der Waals surface area contributed by atoms with Gasteiger partial charge in [-0.05, 0) is 41.7 Å². The van der Waals surface area contributed by atoms with Gasteiger partial charge in [0.05, 0.1) is 12.7 Å². The van der Waals surface area contributed by atoms with Gasteiger partial charge in [-0.25, -0.2) is 18.9 Å². The fraction of sp³-hybridized carbons (Fsp3) is 0.280. The second-order valence-corrected chi connectivity index (χ2v) is 8.80. The second-order valence-electron chi connectivity index (χ2n) is 8.80. The summed E-state index contributed by atoms with van der Waals surface area (Å²) in [4.78, 5) is 20.9. The number of nitrogens with zero attached hydrogens (tertiary/aromatic N) is 4. The molecule has 0 saturated carbocycles. The fourth-order valence-corrected chi connectivity index (χ4v) is 4.75. The molecule has 0 fully saturated rings. The maximum atomic E-state index is 14.2. The molecular weight excluding hydrogens is 435 g/mol. The number of hydrogen-bond acceptors (Lipinski definition) is 6. The van der Waals surface area contributed by atoms with Crippen LogP contribution in [-0.2, 0) is 19.3 Å². The van der Waals surface area contributed by atoms with Gasteiger partial charge < -0.3 is 16.2 Å². The Hall–Kier alpha value is -4.01. The van der Waals surface area contributed by atoms with E-state index in [1.165, 1.54) is 30.6 Å². The van der Waals surface area contributed by atoms with Gasteiger partial charge in [-0.1, -0.05) is 26.0 Å². The third kappa shape index (κ3) is 3.35. The van der Waals surface area contributed by atoms with Gasteiger partial charge in [0.25, 0.3) is 5.91 Å². The summed E-state index contributed by atoms with van der Waals surface area (Å²) in [7, 11) is 1.45. The number of ether oxygens (including phenoxy) is 1. The van der Waals surface area contributed by atoms with E-state index in [1.54, 1.807) is 4.52 Å². The fourth-order valence-electron chi connectivity index (χ4n) is 4.75. The molecule has 8 nitrogen and oxygen atoms in total. The zero-order valence-corrected chi connectivity index (χ0v) is 19.2. The summed E-state index contributed by atoms with van der Waals surface area (Å²) in [5, 5.41) is 4.38. The smallest absolute Gasteiger partial charge is 0.252 e. The van der Waals surface area contributed by atoms with Gasteiger partial charge in [0, 0.05) is 23.5 Å². The minimum Gasteiger partial charge on any atom is -0.496 e. The number of halogens is 1. The first kappa shape index (κ1) is 21.8. The Balaban J connectivity index is 1.62. The zero-order chi connectivity index (χ0) is 24.1. The van der Waals surface area contributed by atoms with Gasteiger partial charge in [0.15, 0.2) is 5.82 Å². The van der Waals surface area contributed by atoms with Crippen molar-refractivity contribution in [3.05, 3.63) is 70.1 Å². The number of hydrogen-bond donors (Lipinski definition) is 2. The summed E-state index contributed by atoms with van der Waals surface area (Å²) in [5.74, 6) is 0.401. The molecule has 0 unspecified atom stereocenters. The number of carbonyl (C=O) groups excluding carboxylic acids is 1. The third-order valence-electron chi connectivity index (χ3n) is 6.39. The van der Waals surface area contributed by atoms with Crippen LogP contribution in [0, 0.1) is 5.82 Å². The predicted molar refractivity (Wildman–Crippen MR) is 126 cm³/mol. The molecule has 2 aromatic carbocycles. The number of aromatic nitrogens is 4. The van der Waals surface area contributed by atoms with Crippen LogP contribution in [0.15, 0.2) is 30.6 Å². The maximum Gasteiger partial charge on any atom is 0.252 e. The Bertz CT molecular complexity index is 1460. The van der Waals surface area contributed by atoms with Crippen molar-refractivity contribution in [2.24, 2.45) is 5.73 Å². The van der Waals surface area contributed by atoms with E-state index in [-0.39, 0.29) is 11.5 Å². The van der Waals surface area contributed by atoms with Crippen molar-refractivity contribution in [1.29, 1.82) is 0 Å². The minimum atomic E-state index is -0.728. The minimum absolute atomic E-state index is 0.0362. The molecule has 0 bridgehead atoms. The highest BCUT2D eigenvalue weighted by molar-refractivity contribution is 5.96.